The van der Waals surface area contributed by atoms with Gasteiger partial charge in [0.1, 0.15) is 5.69 Å². The number of imidazole rings is 1. The molecule has 6 heteroatoms. The van der Waals surface area contributed by atoms with Crippen LogP contribution in [0, 0.1) is 0 Å². The third-order valence-electron chi connectivity index (χ3n) is 2.51. The molecule has 3 rings (SSSR count). The summed E-state index contributed by atoms with van der Waals surface area (Å²) in [6.07, 6.45) is 3.17. The highest BCUT2D eigenvalue weighted by molar-refractivity contribution is 6.31. The van der Waals surface area contributed by atoms with E-state index in [0.717, 1.165) is 11.0 Å². The summed E-state index contributed by atoms with van der Waals surface area (Å²) in [6, 6.07) is 5.47. The fourth-order valence-corrected chi connectivity index (χ4v) is 1.84. The third-order valence-corrected chi connectivity index (χ3v) is 2.74. The monoisotopic (exact) mass is 260 g/mol. The van der Waals surface area contributed by atoms with Crippen molar-refractivity contribution < 1.29 is 4.74 Å². The van der Waals surface area contributed by atoms with Gasteiger partial charge in [0.2, 0.25) is 5.88 Å². The normalized spacial score (nSPS) is 10.8. The van der Waals surface area contributed by atoms with E-state index in [-0.39, 0.29) is 0 Å². The molecule has 0 amide bonds. The molecule has 0 aliphatic carbocycles. The van der Waals surface area contributed by atoms with Crippen molar-refractivity contribution in [1.29, 1.82) is 0 Å². The van der Waals surface area contributed by atoms with Crippen LogP contribution in [-0.4, -0.2) is 27.0 Å². The Morgan fingerprint density at radius 1 is 1.22 bits per heavy atom. The van der Waals surface area contributed by atoms with Crippen molar-refractivity contribution in [2.45, 2.75) is 0 Å². The molecule has 0 aliphatic rings. The van der Waals surface area contributed by atoms with Gasteiger partial charge in [0, 0.05) is 5.02 Å². The van der Waals surface area contributed by atoms with Crippen molar-refractivity contribution in [3.8, 4) is 17.4 Å². The molecule has 0 radical (unpaired) electrons. The molecule has 2 heterocycles. The van der Waals surface area contributed by atoms with E-state index in [1.807, 2.05) is 12.1 Å². The molecule has 3 aromatic rings. The summed E-state index contributed by atoms with van der Waals surface area (Å²) >= 11 is 5.93. The van der Waals surface area contributed by atoms with Crippen LogP contribution >= 0.6 is 11.6 Å². The number of aromatic nitrogens is 4. The van der Waals surface area contributed by atoms with E-state index in [4.69, 9.17) is 16.3 Å². The molecule has 5 nitrogen and oxygen atoms in total. The van der Waals surface area contributed by atoms with Crippen LogP contribution in [0.4, 0.5) is 0 Å². The number of halogens is 1. The zero-order valence-electron chi connectivity index (χ0n) is 9.51. The Hall–Kier alpha value is -2.14. The van der Waals surface area contributed by atoms with Crippen molar-refractivity contribution in [3.05, 3.63) is 35.6 Å². The molecule has 18 heavy (non-hydrogen) atoms. The average Bonchev–Trinajstić information content (AvgIpc) is 2.81. The van der Waals surface area contributed by atoms with Gasteiger partial charge in [-0.15, -0.1) is 0 Å². The largest absolute Gasteiger partial charge is 0.480 e. The van der Waals surface area contributed by atoms with Crippen molar-refractivity contribution in [3.63, 3.8) is 0 Å². The predicted octanol–water partition coefficient (Wildman–Crippen LogP) is 2.68. The van der Waals surface area contributed by atoms with Crippen molar-refractivity contribution in [2.75, 3.05) is 7.11 Å². The van der Waals surface area contributed by atoms with E-state index in [9.17, 15) is 0 Å². The van der Waals surface area contributed by atoms with Gasteiger partial charge in [-0.05, 0) is 18.2 Å². The number of aromatic amines is 1. The first kappa shape index (κ1) is 11.0. The molecule has 90 valence electrons. The van der Waals surface area contributed by atoms with Crippen LogP contribution < -0.4 is 4.74 Å². The molecule has 2 aromatic heterocycles. The van der Waals surface area contributed by atoms with E-state index in [0.29, 0.717) is 22.4 Å². The van der Waals surface area contributed by atoms with Gasteiger partial charge in [0.25, 0.3) is 0 Å². The van der Waals surface area contributed by atoms with Gasteiger partial charge in [-0.2, -0.15) is 0 Å². The van der Waals surface area contributed by atoms with Crippen LogP contribution in [-0.2, 0) is 0 Å². The second-order valence-corrected chi connectivity index (χ2v) is 4.13. The number of methoxy groups -OCH3 is 1. The van der Waals surface area contributed by atoms with Crippen LogP contribution in [0.15, 0.2) is 30.6 Å². The van der Waals surface area contributed by atoms with Crippen LogP contribution in [0.5, 0.6) is 5.88 Å². The lowest BCUT2D eigenvalue weighted by atomic mass is 10.3. The molecular formula is C12H9ClN4O. The van der Waals surface area contributed by atoms with Crippen LogP contribution in [0.3, 0.4) is 0 Å². The van der Waals surface area contributed by atoms with E-state index >= 15 is 0 Å². The van der Waals surface area contributed by atoms with Gasteiger partial charge in [-0.3, -0.25) is 4.98 Å². The molecule has 0 atom stereocenters. The molecule has 0 saturated heterocycles. The number of benzene rings is 1. The van der Waals surface area contributed by atoms with E-state index in [2.05, 4.69) is 19.9 Å². The van der Waals surface area contributed by atoms with Gasteiger partial charge in [0.15, 0.2) is 5.82 Å². The Morgan fingerprint density at radius 2 is 2.11 bits per heavy atom. The highest BCUT2D eigenvalue weighted by atomic mass is 35.5. The lowest BCUT2D eigenvalue weighted by Gasteiger charge is -1.99. The molecule has 0 aliphatic heterocycles. The summed E-state index contributed by atoms with van der Waals surface area (Å²) in [4.78, 5) is 15.9. The van der Waals surface area contributed by atoms with Gasteiger partial charge < -0.3 is 9.72 Å². The van der Waals surface area contributed by atoms with Gasteiger partial charge in [-0.1, -0.05) is 11.6 Å². The molecule has 1 N–H and O–H groups in total. The third kappa shape index (κ3) is 1.89. The Kier molecular flexibility index (Phi) is 2.60. The summed E-state index contributed by atoms with van der Waals surface area (Å²) < 4.78 is 5.03. The summed E-state index contributed by atoms with van der Waals surface area (Å²) in [6.45, 7) is 0. The van der Waals surface area contributed by atoms with Gasteiger partial charge in [0.05, 0.1) is 30.5 Å². The number of rotatable bonds is 2. The SMILES string of the molecule is COc1cncc(-c2nc3ccc(Cl)cc3[nH]2)n1. The van der Waals surface area contributed by atoms with Crippen molar-refractivity contribution in [1.82, 2.24) is 19.9 Å². The van der Waals surface area contributed by atoms with Crippen molar-refractivity contribution >= 4 is 22.6 Å². The van der Waals surface area contributed by atoms with Crippen LogP contribution in [0.2, 0.25) is 5.02 Å². The minimum Gasteiger partial charge on any atom is -0.480 e. The van der Waals surface area contributed by atoms with E-state index < -0.39 is 0 Å². The number of nitrogens with zero attached hydrogens (tertiary/aromatic N) is 3. The lowest BCUT2D eigenvalue weighted by molar-refractivity contribution is 0.396. The fourth-order valence-electron chi connectivity index (χ4n) is 1.66. The Morgan fingerprint density at radius 3 is 2.94 bits per heavy atom. The maximum atomic E-state index is 5.93. The quantitative estimate of drug-likeness (QED) is 0.769. The standard InChI is InChI=1S/C12H9ClN4O/c1-18-11-6-14-5-10(15-11)12-16-8-3-2-7(13)4-9(8)17-12/h2-6H,1H3,(H,16,17). The van der Waals surface area contributed by atoms with Crippen molar-refractivity contribution in [2.24, 2.45) is 0 Å². The first-order chi connectivity index (χ1) is 8.76. The molecule has 0 fully saturated rings. The first-order valence-corrected chi connectivity index (χ1v) is 5.66. The van der Waals surface area contributed by atoms with Gasteiger partial charge in [-0.25, -0.2) is 9.97 Å². The number of hydrogen-bond donors (Lipinski definition) is 1. The number of nitrogens with one attached hydrogen (secondary N) is 1. The summed E-state index contributed by atoms with van der Waals surface area (Å²) in [5.41, 5.74) is 2.32. The number of ether oxygens (including phenoxy) is 1. The smallest absolute Gasteiger partial charge is 0.232 e. The maximum absolute atomic E-state index is 5.93. The Bertz CT molecular complexity index is 710. The fraction of sp³-hybridized carbons (Fsp3) is 0.0833. The van der Waals surface area contributed by atoms with E-state index in [1.54, 1.807) is 25.6 Å². The summed E-state index contributed by atoms with van der Waals surface area (Å²) in [5.74, 6) is 1.09. The number of hydrogen-bond acceptors (Lipinski definition) is 4. The second-order valence-electron chi connectivity index (χ2n) is 3.69. The Balaban J connectivity index is 2.13. The molecular weight excluding hydrogens is 252 g/mol. The summed E-state index contributed by atoms with van der Waals surface area (Å²) in [5, 5.41) is 0.662. The highest BCUT2D eigenvalue weighted by Gasteiger charge is 2.08. The molecule has 1 aromatic carbocycles. The summed E-state index contributed by atoms with van der Waals surface area (Å²) in [7, 11) is 1.55. The van der Waals surface area contributed by atoms with E-state index in [1.165, 1.54) is 0 Å². The maximum Gasteiger partial charge on any atom is 0.232 e. The topological polar surface area (TPSA) is 63.7 Å². The first-order valence-electron chi connectivity index (χ1n) is 5.28. The minimum absolute atomic E-state index is 0.450. The average molecular weight is 261 g/mol. The lowest BCUT2D eigenvalue weighted by Crippen LogP contribution is -1.92. The number of H-pyrrole nitrogens is 1. The predicted molar refractivity (Wildman–Crippen MR) is 68.7 cm³/mol. The van der Waals surface area contributed by atoms with Crippen LogP contribution in [0.25, 0.3) is 22.6 Å². The molecule has 0 bridgehead atoms. The van der Waals surface area contributed by atoms with Crippen LogP contribution in [0.1, 0.15) is 0 Å². The molecule has 0 unspecified atom stereocenters. The molecule has 0 spiro atoms. The van der Waals surface area contributed by atoms with Gasteiger partial charge >= 0.3 is 0 Å². The minimum atomic E-state index is 0.450. The second kappa shape index (κ2) is 4.27. The number of fused-ring (bicyclic) bond motifs is 1. The zero-order chi connectivity index (χ0) is 12.5. The Labute approximate surface area is 108 Å². The highest BCUT2D eigenvalue weighted by Crippen LogP contribution is 2.22. The zero-order valence-corrected chi connectivity index (χ0v) is 10.3. The molecule has 0 saturated carbocycles.